The summed E-state index contributed by atoms with van der Waals surface area (Å²) in [5.41, 5.74) is 11.2. The summed E-state index contributed by atoms with van der Waals surface area (Å²) in [6, 6.07) is 60.1. The van der Waals surface area contributed by atoms with Gasteiger partial charge in [-0.1, -0.05) is 66.7 Å². The summed E-state index contributed by atoms with van der Waals surface area (Å²) in [6.45, 7) is 7.95. The highest BCUT2D eigenvalue weighted by atomic mass is 32.1. The van der Waals surface area contributed by atoms with Crippen LogP contribution >= 0.6 is 11.3 Å². The van der Waals surface area contributed by atoms with E-state index in [1.165, 1.54) is 30.9 Å². The van der Waals surface area contributed by atoms with Gasteiger partial charge >= 0.3 is 0 Å². The van der Waals surface area contributed by atoms with E-state index in [9.17, 15) is 5.26 Å². The van der Waals surface area contributed by atoms with E-state index in [-0.39, 0.29) is 0 Å². The standard InChI is InChI=1S/C50H27N5S/c1-52-31-16-21-45-41(26-31)49-46(22-19-37-35-11-5-8-14-43(35)55(50(37)49)32-9-3-2-4-10-32)54(45)34-18-24-48-40(28-34)39-27-33(17-23-47(39)56-48)53-42-13-7-6-12-36(42)38-25-30(29-51)15-20-44(38)53/h2-28H. The first-order valence-corrected chi connectivity index (χ1v) is 19.3. The molecule has 0 unspecified atom stereocenters. The fraction of sp³-hybridized carbons (Fsp3) is 0. The molecule has 258 valence electrons. The van der Waals surface area contributed by atoms with Crippen molar-refractivity contribution in [1.82, 2.24) is 13.7 Å². The van der Waals surface area contributed by atoms with Crippen molar-refractivity contribution in [3.63, 3.8) is 0 Å². The third-order valence-electron chi connectivity index (χ3n) is 11.4. The van der Waals surface area contributed by atoms with Crippen LogP contribution in [0.4, 0.5) is 5.69 Å². The maximum Gasteiger partial charge on any atom is 0.188 e. The average Bonchev–Trinajstić information content (AvgIpc) is 3.99. The molecular formula is C50H27N5S. The van der Waals surface area contributed by atoms with Gasteiger partial charge in [0.05, 0.1) is 51.3 Å². The first kappa shape index (κ1) is 30.8. The molecule has 0 fully saturated rings. The van der Waals surface area contributed by atoms with Gasteiger partial charge < -0.3 is 13.7 Å². The van der Waals surface area contributed by atoms with Crippen LogP contribution in [0.1, 0.15) is 5.56 Å². The molecule has 12 rings (SSSR count). The Morgan fingerprint density at radius 2 is 1.04 bits per heavy atom. The first-order chi connectivity index (χ1) is 27.7. The molecule has 0 aliphatic rings. The van der Waals surface area contributed by atoms with Crippen LogP contribution in [-0.4, -0.2) is 13.7 Å². The normalized spacial score (nSPS) is 11.9. The Morgan fingerprint density at radius 3 is 1.75 bits per heavy atom. The van der Waals surface area contributed by atoms with E-state index >= 15 is 0 Å². The molecule has 0 radical (unpaired) electrons. The van der Waals surface area contributed by atoms with Crippen molar-refractivity contribution in [2.75, 3.05) is 0 Å². The van der Waals surface area contributed by atoms with Crippen LogP contribution < -0.4 is 0 Å². The van der Waals surface area contributed by atoms with E-state index < -0.39 is 0 Å². The minimum atomic E-state index is 0.622. The lowest BCUT2D eigenvalue weighted by Gasteiger charge is -2.10. The van der Waals surface area contributed by atoms with Gasteiger partial charge in [0, 0.05) is 64.2 Å². The SMILES string of the molecule is [C-]#[N+]c1ccc2c(c1)c1c(ccc3c4ccccc4n(-c4ccccc4)c31)n2-c1ccc2sc3ccc(-n4c5ccccc5c5cc(C#N)ccc54)cc3c2c1. The predicted octanol–water partition coefficient (Wildman–Crippen LogP) is 13.8. The van der Waals surface area contributed by atoms with Crippen molar-refractivity contribution in [2.45, 2.75) is 0 Å². The highest BCUT2D eigenvalue weighted by Crippen LogP contribution is 2.44. The average molecular weight is 730 g/mol. The molecule has 0 aliphatic carbocycles. The van der Waals surface area contributed by atoms with Crippen LogP contribution in [0.25, 0.3) is 107 Å². The van der Waals surface area contributed by atoms with Gasteiger partial charge in [-0.05, 0) is 102 Å². The van der Waals surface area contributed by atoms with Crippen molar-refractivity contribution in [3.8, 4) is 23.1 Å². The van der Waals surface area contributed by atoms with Gasteiger partial charge in [-0.15, -0.1) is 11.3 Å². The van der Waals surface area contributed by atoms with Crippen LogP contribution in [0.5, 0.6) is 0 Å². The Labute approximate surface area is 324 Å². The molecule has 0 amide bonds. The van der Waals surface area contributed by atoms with Crippen molar-refractivity contribution >= 4 is 103 Å². The van der Waals surface area contributed by atoms with Gasteiger partial charge in [-0.25, -0.2) is 4.85 Å². The Kier molecular flexibility index (Phi) is 6.28. The lowest BCUT2D eigenvalue weighted by Crippen LogP contribution is -1.95. The molecule has 0 saturated carbocycles. The summed E-state index contributed by atoms with van der Waals surface area (Å²) in [5.74, 6) is 0. The maximum absolute atomic E-state index is 9.69. The highest BCUT2D eigenvalue weighted by molar-refractivity contribution is 7.25. The number of para-hydroxylation sites is 3. The second-order valence-electron chi connectivity index (χ2n) is 14.4. The Hall–Kier alpha value is -7.64. The molecule has 56 heavy (non-hydrogen) atoms. The molecule has 0 bridgehead atoms. The molecule has 4 heterocycles. The molecule has 0 atom stereocenters. The largest absolute Gasteiger partial charge is 0.309 e. The molecule has 0 saturated heterocycles. The minimum Gasteiger partial charge on any atom is -0.309 e. The number of thiophene rings is 1. The lowest BCUT2D eigenvalue weighted by atomic mass is 10.1. The molecule has 0 spiro atoms. The molecular weight excluding hydrogens is 703 g/mol. The number of rotatable bonds is 3. The summed E-state index contributed by atoms with van der Waals surface area (Å²) >= 11 is 1.81. The number of fused-ring (bicyclic) bond motifs is 13. The molecule has 0 N–H and O–H groups in total. The van der Waals surface area contributed by atoms with Gasteiger partial charge in [0.25, 0.3) is 0 Å². The zero-order chi connectivity index (χ0) is 37.1. The van der Waals surface area contributed by atoms with Crippen molar-refractivity contribution < 1.29 is 0 Å². The monoisotopic (exact) mass is 729 g/mol. The first-order valence-electron chi connectivity index (χ1n) is 18.5. The lowest BCUT2D eigenvalue weighted by molar-refractivity contribution is 1.18. The van der Waals surface area contributed by atoms with Crippen molar-refractivity contribution in [1.29, 1.82) is 5.26 Å². The van der Waals surface area contributed by atoms with Crippen LogP contribution in [-0.2, 0) is 0 Å². The van der Waals surface area contributed by atoms with Crippen molar-refractivity contribution in [3.05, 3.63) is 181 Å². The molecule has 4 aromatic heterocycles. The molecule has 5 nitrogen and oxygen atoms in total. The molecule has 0 aliphatic heterocycles. The minimum absolute atomic E-state index is 0.622. The maximum atomic E-state index is 9.69. The summed E-state index contributed by atoms with van der Waals surface area (Å²) in [7, 11) is 0. The van der Waals surface area contributed by atoms with E-state index in [1.54, 1.807) is 0 Å². The molecule has 8 aromatic carbocycles. The van der Waals surface area contributed by atoms with Crippen LogP contribution in [0.2, 0.25) is 0 Å². The van der Waals surface area contributed by atoms with E-state index in [0.717, 1.165) is 71.7 Å². The number of nitriles is 1. The third kappa shape index (κ3) is 4.16. The zero-order valence-corrected chi connectivity index (χ0v) is 30.5. The van der Waals surface area contributed by atoms with Gasteiger partial charge in [-0.2, -0.15) is 5.26 Å². The third-order valence-corrected chi connectivity index (χ3v) is 12.6. The topological polar surface area (TPSA) is 42.9 Å². The van der Waals surface area contributed by atoms with E-state index in [1.807, 2.05) is 29.5 Å². The summed E-state index contributed by atoms with van der Waals surface area (Å²) in [4.78, 5) is 3.88. The van der Waals surface area contributed by atoms with Crippen LogP contribution in [0.15, 0.2) is 164 Å². The number of aromatic nitrogens is 3. The number of nitrogens with zero attached hydrogens (tertiary/aromatic N) is 5. The Bertz CT molecular complexity index is 3730. The van der Waals surface area contributed by atoms with Gasteiger partial charge in [0.15, 0.2) is 5.69 Å². The summed E-state index contributed by atoms with van der Waals surface area (Å²) in [6.07, 6.45) is 0. The highest BCUT2D eigenvalue weighted by Gasteiger charge is 2.22. The Balaban J connectivity index is 1.14. The molecule has 12 aromatic rings. The summed E-state index contributed by atoms with van der Waals surface area (Å²) in [5, 5.41) is 18.9. The van der Waals surface area contributed by atoms with E-state index in [4.69, 9.17) is 6.57 Å². The fourth-order valence-electron chi connectivity index (χ4n) is 9.09. The van der Waals surface area contributed by atoms with E-state index in [0.29, 0.717) is 11.3 Å². The number of hydrogen-bond donors (Lipinski definition) is 0. The van der Waals surface area contributed by atoms with Crippen LogP contribution in [0, 0.1) is 17.9 Å². The second-order valence-corrected chi connectivity index (χ2v) is 15.4. The second kappa shape index (κ2) is 11.4. The quantitative estimate of drug-likeness (QED) is 0.167. The van der Waals surface area contributed by atoms with Crippen LogP contribution in [0.3, 0.4) is 0 Å². The Morgan fingerprint density at radius 1 is 0.446 bits per heavy atom. The smallest absolute Gasteiger partial charge is 0.188 e. The van der Waals surface area contributed by atoms with E-state index in [2.05, 4.69) is 170 Å². The predicted molar refractivity (Wildman–Crippen MR) is 233 cm³/mol. The molecule has 6 heteroatoms. The summed E-state index contributed by atoms with van der Waals surface area (Å²) < 4.78 is 9.53. The fourth-order valence-corrected chi connectivity index (χ4v) is 10.2. The van der Waals surface area contributed by atoms with Gasteiger partial charge in [-0.3, -0.25) is 0 Å². The van der Waals surface area contributed by atoms with Gasteiger partial charge in [0.2, 0.25) is 0 Å². The van der Waals surface area contributed by atoms with Gasteiger partial charge in [0.1, 0.15) is 0 Å². The number of hydrogen-bond acceptors (Lipinski definition) is 2. The number of benzene rings is 8. The van der Waals surface area contributed by atoms with Crippen molar-refractivity contribution in [2.24, 2.45) is 0 Å². The zero-order valence-electron chi connectivity index (χ0n) is 29.7.